The first-order valence-electron chi connectivity index (χ1n) is 7.12. The molecule has 1 aromatic heterocycles. The third-order valence-corrected chi connectivity index (χ3v) is 3.18. The lowest BCUT2D eigenvalue weighted by Gasteiger charge is -2.06. The van der Waals surface area contributed by atoms with Gasteiger partial charge < -0.3 is 10.1 Å². The number of nitrogens with one attached hydrogen (secondary N) is 2. The Balaban J connectivity index is 1.97. The molecule has 2 rings (SSSR count). The highest BCUT2D eigenvalue weighted by molar-refractivity contribution is 5.48. The maximum atomic E-state index is 11.8. The Morgan fingerprint density at radius 1 is 1.43 bits per heavy atom. The molecular formula is C15H22N4O2. The van der Waals surface area contributed by atoms with E-state index in [1.54, 1.807) is 7.11 Å². The number of rotatable bonds is 7. The minimum Gasteiger partial charge on any atom is -0.497 e. The lowest BCUT2D eigenvalue weighted by Crippen LogP contribution is -2.18. The number of H-pyrrole nitrogens is 1. The second kappa shape index (κ2) is 6.97. The van der Waals surface area contributed by atoms with Gasteiger partial charge in [0.1, 0.15) is 11.6 Å². The van der Waals surface area contributed by atoms with Crippen LogP contribution in [0.3, 0.4) is 0 Å². The van der Waals surface area contributed by atoms with E-state index in [0.29, 0.717) is 24.8 Å². The van der Waals surface area contributed by atoms with Crippen LogP contribution in [0, 0.1) is 5.92 Å². The van der Waals surface area contributed by atoms with Gasteiger partial charge in [-0.25, -0.2) is 9.48 Å². The molecule has 1 heterocycles. The van der Waals surface area contributed by atoms with Crippen molar-refractivity contribution in [2.45, 2.75) is 33.4 Å². The molecule has 0 fully saturated rings. The zero-order valence-electron chi connectivity index (χ0n) is 12.7. The first kappa shape index (κ1) is 15.2. The van der Waals surface area contributed by atoms with Gasteiger partial charge in [-0.05, 0) is 24.5 Å². The molecule has 0 saturated carbocycles. The molecule has 114 valence electrons. The average molecular weight is 290 g/mol. The summed E-state index contributed by atoms with van der Waals surface area (Å²) in [6.45, 7) is 5.37. The molecule has 0 bridgehead atoms. The normalized spacial score (nSPS) is 10.9. The summed E-state index contributed by atoms with van der Waals surface area (Å²) in [7, 11) is 1.63. The number of nitrogens with zero attached hydrogens (tertiary/aromatic N) is 2. The summed E-state index contributed by atoms with van der Waals surface area (Å²) in [5.74, 6) is 1.97. The summed E-state index contributed by atoms with van der Waals surface area (Å²) in [6, 6.07) is 7.63. The van der Waals surface area contributed by atoms with E-state index in [1.807, 2.05) is 24.3 Å². The van der Waals surface area contributed by atoms with E-state index in [2.05, 4.69) is 29.2 Å². The highest BCUT2D eigenvalue weighted by Crippen LogP contribution is 2.16. The van der Waals surface area contributed by atoms with E-state index in [9.17, 15) is 4.79 Å². The molecule has 0 aliphatic carbocycles. The largest absolute Gasteiger partial charge is 0.497 e. The molecule has 6 nitrogen and oxygen atoms in total. The standard InChI is InChI=1S/C15H22N4O2/c1-11(2)7-8-19-15(20)17-14(18-19)10-16-12-5-4-6-13(9-12)21-3/h4-6,9,11,16H,7-8,10H2,1-3H3,(H,17,18,20). The van der Waals surface area contributed by atoms with Gasteiger partial charge in [0.05, 0.1) is 13.7 Å². The first-order valence-corrected chi connectivity index (χ1v) is 7.12. The predicted molar refractivity (Wildman–Crippen MR) is 82.6 cm³/mol. The van der Waals surface area contributed by atoms with Gasteiger partial charge in [0.25, 0.3) is 0 Å². The molecule has 0 unspecified atom stereocenters. The van der Waals surface area contributed by atoms with Crippen LogP contribution < -0.4 is 15.7 Å². The quantitative estimate of drug-likeness (QED) is 0.820. The Bertz CT molecular complexity index is 631. The molecule has 21 heavy (non-hydrogen) atoms. The molecule has 0 radical (unpaired) electrons. The number of aromatic amines is 1. The number of ether oxygens (including phenoxy) is 1. The maximum absolute atomic E-state index is 11.8. The van der Waals surface area contributed by atoms with E-state index in [1.165, 1.54) is 4.68 Å². The van der Waals surface area contributed by atoms with Crippen molar-refractivity contribution in [2.75, 3.05) is 12.4 Å². The zero-order chi connectivity index (χ0) is 15.2. The van der Waals surface area contributed by atoms with Crippen LogP contribution in [0.1, 0.15) is 26.1 Å². The summed E-state index contributed by atoms with van der Waals surface area (Å²) in [4.78, 5) is 14.5. The van der Waals surface area contributed by atoms with Crippen LogP contribution in [0.15, 0.2) is 29.1 Å². The van der Waals surface area contributed by atoms with Crippen LogP contribution in [0.4, 0.5) is 5.69 Å². The summed E-state index contributed by atoms with van der Waals surface area (Å²) in [5, 5.41) is 7.51. The summed E-state index contributed by atoms with van der Waals surface area (Å²) in [6.07, 6.45) is 0.938. The van der Waals surface area contributed by atoms with Crippen LogP contribution in [0.2, 0.25) is 0 Å². The van der Waals surface area contributed by atoms with Crippen molar-refractivity contribution in [3.8, 4) is 5.75 Å². The lowest BCUT2D eigenvalue weighted by molar-refractivity contribution is 0.415. The fourth-order valence-corrected chi connectivity index (χ4v) is 1.93. The first-order chi connectivity index (χ1) is 10.1. The Kier molecular flexibility index (Phi) is 5.03. The highest BCUT2D eigenvalue weighted by Gasteiger charge is 2.06. The van der Waals surface area contributed by atoms with E-state index >= 15 is 0 Å². The van der Waals surface area contributed by atoms with E-state index in [4.69, 9.17) is 4.74 Å². The van der Waals surface area contributed by atoms with Crippen LogP contribution in [0.25, 0.3) is 0 Å². The second-order valence-corrected chi connectivity index (χ2v) is 5.37. The van der Waals surface area contributed by atoms with E-state index < -0.39 is 0 Å². The fourth-order valence-electron chi connectivity index (χ4n) is 1.93. The molecule has 1 aromatic carbocycles. The number of hydrogen-bond acceptors (Lipinski definition) is 4. The van der Waals surface area contributed by atoms with Crippen molar-refractivity contribution >= 4 is 5.69 Å². The van der Waals surface area contributed by atoms with Gasteiger partial charge in [-0.1, -0.05) is 19.9 Å². The summed E-state index contributed by atoms with van der Waals surface area (Å²) in [5.41, 5.74) is 0.769. The smallest absolute Gasteiger partial charge is 0.343 e. The molecule has 0 aliphatic rings. The topological polar surface area (TPSA) is 71.9 Å². The van der Waals surface area contributed by atoms with Crippen molar-refractivity contribution in [3.05, 3.63) is 40.6 Å². The van der Waals surface area contributed by atoms with Gasteiger partial charge >= 0.3 is 5.69 Å². The minimum absolute atomic E-state index is 0.155. The number of methoxy groups -OCH3 is 1. The van der Waals surface area contributed by atoms with Gasteiger partial charge in [-0.2, -0.15) is 5.10 Å². The number of aromatic nitrogens is 3. The van der Waals surface area contributed by atoms with Crippen LogP contribution in [-0.4, -0.2) is 21.9 Å². The van der Waals surface area contributed by atoms with Crippen molar-refractivity contribution in [1.29, 1.82) is 0 Å². The fraction of sp³-hybridized carbons (Fsp3) is 0.467. The average Bonchev–Trinajstić information content (AvgIpc) is 2.83. The van der Waals surface area contributed by atoms with Gasteiger partial charge in [0.15, 0.2) is 0 Å². The third-order valence-electron chi connectivity index (χ3n) is 3.18. The van der Waals surface area contributed by atoms with Crippen molar-refractivity contribution < 1.29 is 4.74 Å². The maximum Gasteiger partial charge on any atom is 0.343 e. The molecule has 0 amide bonds. The Morgan fingerprint density at radius 2 is 2.24 bits per heavy atom. The second-order valence-electron chi connectivity index (χ2n) is 5.37. The number of anilines is 1. The molecule has 2 aromatic rings. The van der Waals surface area contributed by atoms with E-state index in [0.717, 1.165) is 17.9 Å². The van der Waals surface area contributed by atoms with Gasteiger partial charge in [0, 0.05) is 18.3 Å². The van der Waals surface area contributed by atoms with Crippen LogP contribution in [0.5, 0.6) is 5.75 Å². The Morgan fingerprint density at radius 3 is 2.95 bits per heavy atom. The van der Waals surface area contributed by atoms with Crippen LogP contribution >= 0.6 is 0 Å². The number of benzene rings is 1. The predicted octanol–water partition coefficient (Wildman–Crippen LogP) is 2.24. The highest BCUT2D eigenvalue weighted by atomic mass is 16.5. The SMILES string of the molecule is COc1cccc(NCc2nn(CCC(C)C)c(=O)[nH]2)c1. The summed E-state index contributed by atoms with van der Waals surface area (Å²) < 4.78 is 6.66. The molecular weight excluding hydrogens is 268 g/mol. The Hall–Kier alpha value is -2.24. The van der Waals surface area contributed by atoms with Gasteiger partial charge in [0.2, 0.25) is 0 Å². The molecule has 0 atom stereocenters. The minimum atomic E-state index is -0.155. The molecule has 0 aliphatic heterocycles. The number of hydrogen-bond donors (Lipinski definition) is 2. The van der Waals surface area contributed by atoms with Crippen LogP contribution in [-0.2, 0) is 13.1 Å². The molecule has 6 heteroatoms. The molecule has 0 saturated heterocycles. The lowest BCUT2D eigenvalue weighted by atomic mass is 10.1. The monoisotopic (exact) mass is 290 g/mol. The Labute approximate surface area is 124 Å². The van der Waals surface area contributed by atoms with Gasteiger partial charge in [-0.15, -0.1) is 0 Å². The van der Waals surface area contributed by atoms with Crippen molar-refractivity contribution in [2.24, 2.45) is 5.92 Å². The van der Waals surface area contributed by atoms with E-state index in [-0.39, 0.29) is 5.69 Å². The zero-order valence-corrected chi connectivity index (χ0v) is 12.7. The number of aryl methyl sites for hydroxylation is 1. The molecule has 2 N–H and O–H groups in total. The molecule has 0 spiro atoms. The van der Waals surface area contributed by atoms with Crippen molar-refractivity contribution in [3.63, 3.8) is 0 Å². The summed E-state index contributed by atoms with van der Waals surface area (Å²) >= 11 is 0. The van der Waals surface area contributed by atoms with Gasteiger partial charge in [-0.3, -0.25) is 4.98 Å². The van der Waals surface area contributed by atoms with Crippen molar-refractivity contribution in [1.82, 2.24) is 14.8 Å². The third kappa shape index (κ3) is 4.37.